The van der Waals surface area contributed by atoms with Crippen LogP contribution in [-0.2, 0) is 6.18 Å². The number of benzene rings is 1. The number of rotatable bonds is 1. The van der Waals surface area contributed by atoms with Crippen LogP contribution in [-0.4, -0.2) is 4.98 Å². The fourth-order valence-electron chi connectivity index (χ4n) is 1.85. The summed E-state index contributed by atoms with van der Waals surface area (Å²) in [6, 6.07) is 3.43. The van der Waals surface area contributed by atoms with E-state index < -0.39 is 11.9 Å². The zero-order chi connectivity index (χ0) is 14.4. The third kappa shape index (κ3) is 2.65. The second kappa shape index (κ2) is 5.06. The van der Waals surface area contributed by atoms with Crippen molar-refractivity contribution in [2.75, 3.05) is 5.43 Å². The number of anilines is 1. The molecule has 0 radical (unpaired) electrons. The zero-order valence-electron chi connectivity index (χ0n) is 9.57. The van der Waals surface area contributed by atoms with Crippen LogP contribution in [0.25, 0.3) is 10.9 Å². The Labute approximate surface area is 129 Å². The predicted molar refractivity (Wildman–Crippen MR) is 79.7 cm³/mol. The molecule has 0 aliphatic heterocycles. The molecule has 0 unspecified atom stereocenters. The van der Waals surface area contributed by atoms with Gasteiger partial charge in [-0.05, 0) is 57.6 Å². The van der Waals surface area contributed by atoms with Crippen molar-refractivity contribution >= 4 is 55.1 Å². The van der Waals surface area contributed by atoms with Gasteiger partial charge >= 0.3 is 6.18 Å². The summed E-state index contributed by atoms with van der Waals surface area (Å²) in [6.45, 7) is 1.35. The van der Waals surface area contributed by atoms with Crippen LogP contribution in [0.4, 0.5) is 18.9 Å². The number of pyridine rings is 1. The molecule has 3 nitrogen and oxygen atoms in total. The summed E-state index contributed by atoms with van der Waals surface area (Å²) in [7, 11) is 0. The van der Waals surface area contributed by atoms with E-state index in [-0.39, 0.29) is 16.8 Å². The molecule has 19 heavy (non-hydrogen) atoms. The number of fused-ring (bicyclic) bond motifs is 1. The van der Waals surface area contributed by atoms with Gasteiger partial charge in [0.25, 0.3) is 0 Å². The summed E-state index contributed by atoms with van der Waals surface area (Å²) in [5.74, 6) is 5.37. The van der Waals surface area contributed by atoms with E-state index in [0.29, 0.717) is 9.86 Å². The van der Waals surface area contributed by atoms with Crippen molar-refractivity contribution in [3.8, 4) is 0 Å². The number of alkyl halides is 3. The Bertz CT molecular complexity index is 658. The third-order valence-electron chi connectivity index (χ3n) is 2.66. The number of nitrogens with one attached hydrogen (secondary N) is 1. The first-order chi connectivity index (χ1) is 8.75. The molecule has 0 saturated heterocycles. The molecule has 0 bridgehead atoms. The number of nitrogens with zero attached hydrogens (tertiary/aromatic N) is 1. The molecule has 3 N–H and O–H groups in total. The lowest BCUT2D eigenvalue weighted by atomic mass is 10.1. The second-order valence-electron chi connectivity index (χ2n) is 3.89. The van der Waals surface area contributed by atoms with Gasteiger partial charge < -0.3 is 5.43 Å². The van der Waals surface area contributed by atoms with Crippen LogP contribution in [0.2, 0.25) is 0 Å². The summed E-state index contributed by atoms with van der Waals surface area (Å²) in [4.78, 5) is 3.72. The normalized spacial score (nSPS) is 11.9. The van der Waals surface area contributed by atoms with Crippen molar-refractivity contribution in [1.82, 2.24) is 4.98 Å². The maximum absolute atomic E-state index is 13.0. The summed E-state index contributed by atoms with van der Waals surface area (Å²) >= 11 is 5.31. The molecule has 0 aliphatic rings. The largest absolute Gasteiger partial charge is 0.433 e. The Balaban J connectivity index is 2.95. The first-order valence-electron chi connectivity index (χ1n) is 5.09. The van der Waals surface area contributed by atoms with Crippen LogP contribution < -0.4 is 11.3 Å². The maximum Gasteiger partial charge on any atom is 0.433 e. The topological polar surface area (TPSA) is 50.9 Å². The quantitative estimate of drug-likeness (QED) is 0.392. The SMILES string of the molecule is Cc1c(C(F)(F)F)nc2c(Br)cc(I)cc2c1NN. The van der Waals surface area contributed by atoms with Crippen molar-refractivity contribution in [3.05, 3.63) is 31.4 Å². The molecule has 1 heterocycles. The lowest BCUT2D eigenvalue weighted by Crippen LogP contribution is -2.16. The van der Waals surface area contributed by atoms with Gasteiger partial charge in [-0.15, -0.1) is 0 Å². The lowest BCUT2D eigenvalue weighted by molar-refractivity contribution is -0.141. The van der Waals surface area contributed by atoms with Crippen LogP contribution in [0.1, 0.15) is 11.3 Å². The van der Waals surface area contributed by atoms with Gasteiger partial charge in [0.2, 0.25) is 0 Å². The molecular formula is C11H8BrF3IN3. The number of hydrazine groups is 1. The van der Waals surface area contributed by atoms with Gasteiger partial charge in [-0.2, -0.15) is 13.2 Å². The fraction of sp³-hybridized carbons (Fsp3) is 0.182. The van der Waals surface area contributed by atoms with Crippen molar-refractivity contribution in [1.29, 1.82) is 0 Å². The number of halogens is 5. The van der Waals surface area contributed by atoms with Crippen molar-refractivity contribution < 1.29 is 13.2 Å². The molecule has 8 heteroatoms. The molecule has 0 fully saturated rings. The highest BCUT2D eigenvalue weighted by atomic mass is 127. The average Bonchev–Trinajstić information content (AvgIpc) is 2.26. The molecule has 0 atom stereocenters. The van der Waals surface area contributed by atoms with E-state index in [1.165, 1.54) is 6.92 Å². The van der Waals surface area contributed by atoms with Gasteiger partial charge in [0.05, 0.1) is 11.2 Å². The molecule has 1 aromatic heterocycles. The lowest BCUT2D eigenvalue weighted by Gasteiger charge is -2.16. The standard InChI is InChI=1S/C11H8BrF3IN3/c1-4-8(19-17)6-2-5(16)3-7(12)9(6)18-10(4)11(13,14)15/h2-3H,17H2,1H3,(H,18,19). The minimum Gasteiger partial charge on any atom is -0.323 e. The summed E-state index contributed by atoms with van der Waals surface area (Å²) in [6.07, 6.45) is -4.52. The molecule has 0 saturated carbocycles. The van der Waals surface area contributed by atoms with Gasteiger partial charge in [0.1, 0.15) is 5.69 Å². The molecule has 0 aliphatic carbocycles. The Morgan fingerprint density at radius 2 is 2.00 bits per heavy atom. The van der Waals surface area contributed by atoms with Crippen LogP contribution in [0.3, 0.4) is 0 Å². The van der Waals surface area contributed by atoms with Crippen LogP contribution in [0.5, 0.6) is 0 Å². The highest BCUT2D eigenvalue weighted by Gasteiger charge is 2.36. The minimum atomic E-state index is -4.52. The van der Waals surface area contributed by atoms with Gasteiger partial charge in [-0.3, -0.25) is 5.84 Å². The van der Waals surface area contributed by atoms with Gasteiger partial charge in [-0.25, -0.2) is 4.98 Å². The van der Waals surface area contributed by atoms with Gasteiger partial charge in [0, 0.05) is 19.0 Å². The monoisotopic (exact) mass is 445 g/mol. The first-order valence-corrected chi connectivity index (χ1v) is 6.96. The second-order valence-corrected chi connectivity index (χ2v) is 5.99. The van der Waals surface area contributed by atoms with Crippen LogP contribution in [0, 0.1) is 10.5 Å². The van der Waals surface area contributed by atoms with E-state index in [4.69, 9.17) is 5.84 Å². The highest BCUT2D eigenvalue weighted by Crippen LogP contribution is 2.39. The Kier molecular flexibility index (Phi) is 3.94. The summed E-state index contributed by atoms with van der Waals surface area (Å²) < 4.78 is 40.2. The predicted octanol–water partition coefficient (Wildman–Crippen LogP) is 4.21. The molecule has 0 amide bonds. The van der Waals surface area contributed by atoms with Crippen molar-refractivity contribution in [2.45, 2.75) is 13.1 Å². The third-order valence-corrected chi connectivity index (χ3v) is 3.89. The molecule has 0 spiro atoms. The van der Waals surface area contributed by atoms with Gasteiger partial charge in [-0.1, -0.05) is 0 Å². The smallest absolute Gasteiger partial charge is 0.323 e. The molecule has 2 rings (SSSR count). The fourth-order valence-corrected chi connectivity index (χ4v) is 3.45. The van der Waals surface area contributed by atoms with Crippen molar-refractivity contribution in [2.24, 2.45) is 5.84 Å². The zero-order valence-corrected chi connectivity index (χ0v) is 13.3. The van der Waals surface area contributed by atoms with E-state index in [2.05, 4.69) is 48.9 Å². The van der Waals surface area contributed by atoms with E-state index >= 15 is 0 Å². The van der Waals surface area contributed by atoms with E-state index in [1.807, 2.05) is 0 Å². The molecule has 2 aromatic rings. The van der Waals surface area contributed by atoms with E-state index in [1.54, 1.807) is 12.1 Å². The van der Waals surface area contributed by atoms with E-state index in [0.717, 1.165) is 3.57 Å². The number of hydrogen-bond donors (Lipinski definition) is 2. The van der Waals surface area contributed by atoms with Gasteiger partial charge in [0.15, 0.2) is 0 Å². The van der Waals surface area contributed by atoms with Crippen LogP contribution in [0.15, 0.2) is 16.6 Å². The number of aromatic nitrogens is 1. The number of nitrogen functional groups attached to an aromatic ring is 1. The maximum atomic E-state index is 13.0. The Morgan fingerprint density at radius 3 is 2.53 bits per heavy atom. The minimum absolute atomic E-state index is 0.0172. The van der Waals surface area contributed by atoms with Crippen LogP contribution >= 0.6 is 38.5 Å². The molecule has 1 aromatic carbocycles. The number of hydrogen-bond acceptors (Lipinski definition) is 3. The molecule has 102 valence electrons. The highest BCUT2D eigenvalue weighted by molar-refractivity contribution is 14.1. The first kappa shape index (κ1) is 14.8. The Morgan fingerprint density at radius 1 is 1.37 bits per heavy atom. The van der Waals surface area contributed by atoms with Crippen molar-refractivity contribution in [3.63, 3.8) is 0 Å². The number of nitrogens with two attached hydrogens (primary N) is 1. The Hall–Kier alpha value is -0.610. The average molecular weight is 446 g/mol. The molecular weight excluding hydrogens is 438 g/mol. The summed E-state index contributed by atoms with van der Waals surface area (Å²) in [5.41, 5.74) is 1.85. The summed E-state index contributed by atoms with van der Waals surface area (Å²) in [5, 5.41) is 0.548. The van der Waals surface area contributed by atoms with E-state index in [9.17, 15) is 13.2 Å².